The van der Waals surface area contributed by atoms with Gasteiger partial charge in [-0.15, -0.1) is 0 Å². The van der Waals surface area contributed by atoms with E-state index in [9.17, 15) is 21.6 Å². The number of aliphatic carboxylic acids is 1. The third-order valence-electron chi connectivity index (χ3n) is 2.12. The lowest BCUT2D eigenvalue weighted by atomic mass is 10.2. The smallest absolute Gasteiger partial charge is 0.475 e. The molecule has 1 rings (SSSR count). The fourth-order valence-electron chi connectivity index (χ4n) is 0.856. The molecule has 0 aromatic carbocycles. The Morgan fingerprint density at radius 2 is 1.91 bits per heavy atom. The minimum absolute atomic E-state index is 0.551. The molecule has 0 fully saturated rings. The maximum absolute atomic E-state index is 10.6. The molecule has 7 nitrogen and oxygen atoms in total. The lowest BCUT2D eigenvalue weighted by Gasteiger charge is -2.04. The monoisotopic (exact) mass is 348 g/mol. The molecule has 1 unspecified atom stereocenters. The Morgan fingerprint density at radius 3 is 2.09 bits per heavy atom. The van der Waals surface area contributed by atoms with Gasteiger partial charge in [0.1, 0.15) is 0 Å². The normalized spacial score (nSPS) is 12.3. The highest BCUT2D eigenvalue weighted by molar-refractivity contribution is 7.86. The Kier molecular flexibility index (Phi) is 11.3. The molecule has 0 aliphatic heterocycles. The number of hydrogen-bond donors (Lipinski definition) is 3. The van der Waals surface area contributed by atoms with E-state index in [1.807, 2.05) is 6.92 Å². The third kappa shape index (κ3) is 14.8. The fourth-order valence-corrected chi connectivity index (χ4v) is 1.32. The quantitative estimate of drug-likeness (QED) is 0.719. The molecule has 1 aromatic heterocycles. The first-order valence-corrected chi connectivity index (χ1v) is 7.62. The predicted molar refractivity (Wildman–Crippen MR) is 72.8 cm³/mol. The Balaban J connectivity index is 0. The number of alkyl halides is 3. The number of imidazole rings is 1. The van der Waals surface area contributed by atoms with Crippen molar-refractivity contribution < 1.29 is 36.0 Å². The van der Waals surface area contributed by atoms with Crippen LogP contribution in [-0.2, 0) is 14.9 Å². The second kappa shape index (κ2) is 11.0. The number of carboxylic acids is 1. The summed E-state index contributed by atoms with van der Waals surface area (Å²) in [6, 6.07) is 0. The van der Waals surface area contributed by atoms with Crippen molar-refractivity contribution in [2.24, 2.45) is 0 Å². The Morgan fingerprint density at radius 1 is 1.41 bits per heavy atom. The number of aromatic nitrogens is 2. The van der Waals surface area contributed by atoms with Gasteiger partial charge in [0.05, 0.1) is 11.6 Å². The van der Waals surface area contributed by atoms with Gasteiger partial charge in [0, 0.05) is 12.4 Å². The Labute approximate surface area is 126 Å². The van der Waals surface area contributed by atoms with E-state index >= 15 is 0 Å². The number of hydrogen-bond acceptors (Lipinski definition) is 4. The van der Waals surface area contributed by atoms with Gasteiger partial charge in [-0.05, 0) is 13.3 Å². The van der Waals surface area contributed by atoms with Crippen LogP contribution >= 0.6 is 0 Å². The van der Waals surface area contributed by atoms with E-state index in [0.29, 0.717) is 6.42 Å². The van der Waals surface area contributed by atoms with Gasteiger partial charge in [0.2, 0.25) is 0 Å². The van der Waals surface area contributed by atoms with Crippen LogP contribution in [-0.4, -0.2) is 45.4 Å². The molecule has 3 N–H and O–H groups in total. The molecule has 1 heterocycles. The van der Waals surface area contributed by atoms with Crippen LogP contribution in [0.1, 0.15) is 33.1 Å². The van der Waals surface area contributed by atoms with Gasteiger partial charge in [-0.2, -0.15) is 21.6 Å². The molecule has 0 amide bonds. The Bertz CT molecular complexity index is 471. The lowest BCUT2D eigenvalue weighted by molar-refractivity contribution is -0.192. The highest BCUT2D eigenvalue weighted by Gasteiger charge is 2.38. The van der Waals surface area contributed by atoms with Crippen molar-refractivity contribution in [1.82, 2.24) is 9.97 Å². The summed E-state index contributed by atoms with van der Waals surface area (Å²) in [5.41, 5.74) is 0. The van der Waals surface area contributed by atoms with Gasteiger partial charge < -0.3 is 10.1 Å². The van der Waals surface area contributed by atoms with Gasteiger partial charge in [-0.3, -0.25) is 4.55 Å². The second-order valence-electron chi connectivity index (χ2n) is 4.03. The third-order valence-corrected chi connectivity index (χ3v) is 3.37. The van der Waals surface area contributed by atoms with Gasteiger partial charge in [-0.1, -0.05) is 19.8 Å². The molecule has 22 heavy (non-hydrogen) atoms. The van der Waals surface area contributed by atoms with E-state index in [1.54, 1.807) is 18.7 Å². The zero-order valence-electron chi connectivity index (χ0n) is 12.0. The van der Waals surface area contributed by atoms with Crippen LogP contribution in [0.2, 0.25) is 0 Å². The average Bonchev–Trinajstić information content (AvgIpc) is 2.93. The minimum Gasteiger partial charge on any atom is -0.475 e. The van der Waals surface area contributed by atoms with Gasteiger partial charge in [0.15, 0.2) is 0 Å². The van der Waals surface area contributed by atoms with Crippen molar-refractivity contribution in [2.75, 3.05) is 0 Å². The van der Waals surface area contributed by atoms with Crippen LogP contribution in [0.25, 0.3) is 0 Å². The van der Waals surface area contributed by atoms with E-state index in [-0.39, 0.29) is 0 Å². The van der Waals surface area contributed by atoms with E-state index < -0.39 is 27.5 Å². The van der Waals surface area contributed by atoms with Crippen LogP contribution in [0.15, 0.2) is 18.7 Å². The standard InChI is InChI=1S/C6H14O3S.C3H4N2.C2HF3O2/c1-3-4-5-6(2)10(7,8)9;1-2-5-3-4-1;3-2(4,5)1(6)7/h6H,3-5H2,1-2H3,(H,7,8,9);1-3H,(H,4,5);(H,6,7). The first kappa shape index (κ1) is 22.7. The molecule has 130 valence electrons. The van der Waals surface area contributed by atoms with Crippen molar-refractivity contribution in [1.29, 1.82) is 0 Å². The molecule has 0 saturated heterocycles. The first-order chi connectivity index (χ1) is 9.92. The molecule has 0 saturated carbocycles. The molecular weight excluding hydrogens is 329 g/mol. The molecule has 0 bridgehead atoms. The maximum Gasteiger partial charge on any atom is 0.490 e. The predicted octanol–water partition coefficient (Wildman–Crippen LogP) is 2.50. The fraction of sp³-hybridized carbons (Fsp3) is 0.636. The number of aromatic amines is 1. The molecule has 0 aliphatic rings. The van der Waals surface area contributed by atoms with Gasteiger partial charge in [0.25, 0.3) is 10.1 Å². The summed E-state index contributed by atoms with van der Waals surface area (Å²) >= 11 is 0. The summed E-state index contributed by atoms with van der Waals surface area (Å²) in [4.78, 5) is 15.3. The van der Waals surface area contributed by atoms with Crippen molar-refractivity contribution in [3.63, 3.8) is 0 Å². The van der Waals surface area contributed by atoms with Crippen LogP contribution in [0, 0.1) is 0 Å². The van der Waals surface area contributed by atoms with E-state index in [0.717, 1.165) is 12.8 Å². The van der Waals surface area contributed by atoms with Crippen molar-refractivity contribution in [3.8, 4) is 0 Å². The number of nitrogens with zero attached hydrogens (tertiary/aromatic N) is 1. The second-order valence-corrected chi connectivity index (χ2v) is 5.87. The molecule has 1 aromatic rings. The molecule has 0 spiro atoms. The first-order valence-electron chi connectivity index (χ1n) is 6.12. The number of carbonyl (C=O) groups is 1. The van der Waals surface area contributed by atoms with E-state index in [2.05, 4.69) is 9.97 Å². The van der Waals surface area contributed by atoms with Crippen LogP contribution in [0.4, 0.5) is 13.2 Å². The van der Waals surface area contributed by atoms with Gasteiger partial charge >= 0.3 is 12.1 Å². The minimum atomic E-state index is -5.08. The van der Waals surface area contributed by atoms with Crippen molar-refractivity contribution >= 4 is 16.1 Å². The molecule has 0 radical (unpaired) electrons. The number of H-pyrrole nitrogens is 1. The van der Waals surface area contributed by atoms with E-state index in [4.69, 9.17) is 14.5 Å². The number of rotatable bonds is 4. The van der Waals surface area contributed by atoms with Crippen molar-refractivity contribution in [3.05, 3.63) is 18.7 Å². The van der Waals surface area contributed by atoms with Gasteiger partial charge in [-0.25, -0.2) is 9.78 Å². The summed E-state index contributed by atoms with van der Waals surface area (Å²) < 4.78 is 61.0. The number of unbranched alkanes of at least 4 members (excludes halogenated alkanes) is 1. The summed E-state index contributed by atoms with van der Waals surface area (Å²) in [5.74, 6) is -2.76. The highest BCUT2D eigenvalue weighted by Crippen LogP contribution is 2.13. The van der Waals surface area contributed by atoms with E-state index in [1.165, 1.54) is 6.92 Å². The maximum atomic E-state index is 10.6. The zero-order chi connectivity index (χ0) is 17.8. The topological polar surface area (TPSA) is 120 Å². The zero-order valence-corrected chi connectivity index (χ0v) is 12.9. The molecular formula is C11H19F3N2O5S. The average molecular weight is 348 g/mol. The van der Waals surface area contributed by atoms with Crippen LogP contribution in [0.5, 0.6) is 0 Å². The van der Waals surface area contributed by atoms with Crippen molar-refractivity contribution in [2.45, 2.75) is 44.5 Å². The highest BCUT2D eigenvalue weighted by atomic mass is 32.2. The largest absolute Gasteiger partial charge is 0.490 e. The number of carboxylic acid groups (broad SMARTS) is 1. The number of halogens is 3. The molecule has 11 heteroatoms. The summed E-state index contributed by atoms with van der Waals surface area (Å²) in [6.45, 7) is 3.50. The summed E-state index contributed by atoms with van der Waals surface area (Å²) in [7, 11) is -3.78. The number of nitrogens with one attached hydrogen (secondary N) is 1. The summed E-state index contributed by atoms with van der Waals surface area (Å²) in [6.07, 6.45) is 2.36. The van der Waals surface area contributed by atoms with Crippen LogP contribution in [0.3, 0.4) is 0 Å². The SMILES string of the molecule is CCCCC(C)S(=O)(=O)O.O=C(O)C(F)(F)F.c1c[nH]cn1. The summed E-state index contributed by atoms with van der Waals surface area (Å²) in [5, 5.41) is 6.52. The Hall–Kier alpha value is -1.62. The lowest BCUT2D eigenvalue weighted by Crippen LogP contribution is -2.21. The van der Waals surface area contributed by atoms with Crippen LogP contribution < -0.4 is 0 Å². The molecule has 0 aliphatic carbocycles. The molecule has 1 atom stereocenters.